The number of carbonyl (C=O) groups excluding carboxylic acids is 3. The summed E-state index contributed by atoms with van der Waals surface area (Å²) in [5.74, 6) is 0.362. The molecule has 1 aromatic carbocycles. The zero-order chi connectivity index (χ0) is 18.5. The molecule has 136 valence electrons. The van der Waals surface area contributed by atoms with Gasteiger partial charge >= 0.3 is 0 Å². The SMILES string of the molecule is O=C1NC(=O)/C(=C/c2cccc(C3=C4CCC(=O)N5CCC(C=C3)C45)c2)S1. The van der Waals surface area contributed by atoms with E-state index in [0.717, 1.165) is 42.3 Å². The van der Waals surface area contributed by atoms with Gasteiger partial charge in [-0.3, -0.25) is 19.7 Å². The van der Waals surface area contributed by atoms with E-state index >= 15 is 0 Å². The van der Waals surface area contributed by atoms with E-state index in [4.69, 9.17) is 0 Å². The quantitative estimate of drug-likeness (QED) is 0.802. The summed E-state index contributed by atoms with van der Waals surface area (Å²) < 4.78 is 0. The Morgan fingerprint density at radius 1 is 1.19 bits per heavy atom. The molecule has 0 saturated carbocycles. The van der Waals surface area contributed by atoms with E-state index in [0.29, 0.717) is 17.2 Å². The topological polar surface area (TPSA) is 66.5 Å². The Hall–Kier alpha value is -2.60. The largest absolute Gasteiger partial charge is 0.335 e. The van der Waals surface area contributed by atoms with Crippen LogP contribution in [0.5, 0.6) is 0 Å². The minimum absolute atomic E-state index is 0.210. The maximum atomic E-state index is 12.3. The van der Waals surface area contributed by atoms with Gasteiger partial charge in [0.1, 0.15) is 0 Å². The van der Waals surface area contributed by atoms with E-state index < -0.39 is 0 Å². The molecular formula is C21H18N2O3S. The number of piperidine rings is 1. The Balaban J connectivity index is 1.53. The maximum Gasteiger partial charge on any atom is 0.290 e. The summed E-state index contributed by atoms with van der Waals surface area (Å²) in [6.45, 7) is 0.849. The van der Waals surface area contributed by atoms with Gasteiger partial charge in [0.15, 0.2) is 0 Å². The van der Waals surface area contributed by atoms with Gasteiger partial charge in [-0.15, -0.1) is 0 Å². The molecule has 0 spiro atoms. The van der Waals surface area contributed by atoms with Crippen molar-refractivity contribution in [3.63, 3.8) is 0 Å². The molecule has 3 fully saturated rings. The number of allylic oxidation sites excluding steroid dienone is 2. The minimum Gasteiger partial charge on any atom is -0.335 e. The fraction of sp³-hybridized carbons (Fsp3) is 0.286. The number of carbonyl (C=O) groups is 3. The molecular weight excluding hydrogens is 360 g/mol. The molecule has 0 radical (unpaired) electrons. The maximum absolute atomic E-state index is 12.3. The second-order valence-electron chi connectivity index (χ2n) is 7.26. The predicted molar refractivity (Wildman–Crippen MR) is 104 cm³/mol. The minimum atomic E-state index is -0.342. The van der Waals surface area contributed by atoms with E-state index in [1.807, 2.05) is 23.1 Å². The van der Waals surface area contributed by atoms with Gasteiger partial charge in [0, 0.05) is 18.9 Å². The van der Waals surface area contributed by atoms with Gasteiger partial charge in [-0.2, -0.15) is 0 Å². The summed E-state index contributed by atoms with van der Waals surface area (Å²) in [6.07, 6.45) is 8.62. The third-order valence-corrected chi connectivity index (χ3v) is 6.53. The van der Waals surface area contributed by atoms with Crippen molar-refractivity contribution in [2.24, 2.45) is 5.92 Å². The van der Waals surface area contributed by atoms with E-state index in [1.165, 1.54) is 11.1 Å². The van der Waals surface area contributed by atoms with Crippen LogP contribution in [0.15, 0.2) is 46.9 Å². The third kappa shape index (κ3) is 2.75. The van der Waals surface area contributed by atoms with Gasteiger partial charge in [0.2, 0.25) is 5.91 Å². The lowest BCUT2D eigenvalue weighted by atomic mass is 9.79. The molecule has 4 aliphatic rings. The summed E-state index contributed by atoms with van der Waals surface area (Å²) in [5, 5.41) is 1.95. The highest BCUT2D eigenvalue weighted by molar-refractivity contribution is 8.18. The summed E-state index contributed by atoms with van der Waals surface area (Å²) in [4.78, 5) is 37.9. The van der Waals surface area contributed by atoms with Crippen LogP contribution in [0, 0.1) is 5.92 Å². The molecule has 3 heterocycles. The molecule has 5 rings (SSSR count). The molecule has 2 unspecified atom stereocenters. The molecule has 0 aromatic heterocycles. The van der Waals surface area contributed by atoms with E-state index in [-0.39, 0.29) is 23.1 Å². The number of thioether (sulfide) groups is 1. The molecule has 3 aliphatic heterocycles. The Bertz CT molecular complexity index is 975. The first kappa shape index (κ1) is 16.6. The predicted octanol–water partition coefficient (Wildman–Crippen LogP) is 3.34. The molecule has 5 nitrogen and oxygen atoms in total. The fourth-order valence-corrected chi connectivity index (χ4v) is 5.23. The van der Waals surface area contributed by atoms with Crippen molar-refractivity contribution in [2.45, 2.75) is 25.3 Å². The molecule has 1 aromatic rings. The van der Waals surface area contributed by atoms with Gasteiger partial charge in [0.05, 0.1) is 10.9 Å². The van der Waals surface area contributed by atoms with Crippen LogP contribution in [0.3, 0.4) is 0 Å². The summed E-state index contributed by atoms with van der Waals surface area (Å²) in [6, 6.07) is 8.22. The first-order valence-electron chi connectivity index (χ1n) is 9.16. The lowest BCUT2D eigenvalue weighted by Crippen LogP contribution is -2.43. The second-order valence-corrected chi connectivity index (χ2v) is 8.27. The summed E-state index contributed by atoms with van der Waals surface area (Å²) >= 11 is 0.929. The summed E-state index contributed by atoms with van der Waals surface area (Å²) in [5.41, 5.74) is 4.52. The third-order valence-electron chi connectivity index (χ3n) is 5.72. The number of nitrogens with zero attached hydrogens (tertiary/aromatic N) is 1. The van der Waals surface area contributed by atoms with E-state index in [9.17, 15) is 14.4 Å². The van der Waals surface area contributed by atoms with Crippen LogP contribution in [0.25, 0.3) is 11.6 Å². The van der Waals surface area contributed by atoms with Crippen LogP contribution < -0.4 is 5.32 Å². The lowest BCUT2D eigenvalue weighted by molar-refractivity contribution is -0.133. The average Bonchev–Trinajstić information content (AvgIpc) is 3.23. The van der Waals surface area contributed by atoms with Crippen molar-refractivity contribution in [1.82, 2.24) is 10.2 Å². The van der Waals surface area contributed by atoms with Crippen molar-refractivity contribution in [3.8, 4) is 0 Å². The average molecular weight is 378 g/mol. The first-order valence-corrected chi connectivity index (χ1v) is 9.98. The number of nitrogens with one attached hydrogen (secondary N) is 1. The van der Waals surface area contributed by atoms with Crippen LogP contribution in [-0.4, -0.2) is 34.5 Å². The standard InChI is InChI=1S/C21H18N2O3S/c24-18-7-6-16-15(5-4-13-8-9-23(18)19(13)16)14-3-1-2-12(10-14)11-17-20(25)22-21(26)27-17/h1-5,10-11,13,19H,6-9H2,(H,22,25,26)/b17-11-. The Kier molecular flexibility index (Phi) is 3.82. The lowest BCUT2D eigenvalue weighted by Gasteiger charge is -2.37. The molecule has 1 N–H and O–H groups in total. The number of amides is 3. The Morgan fingerprint density at radius 3 is 2.89 bits per heavy atom. The number of hydrogen-bond donors (Lipinski definition) is 1. The van der Waals surface area contributed by atoms with Crippen molar-refractivity contribution >= 4 is 40.5 Å². The van der Waals surface area contributed by atoms with Crippen LogP contribution in [0.2, 0.25) is 0 Å². The van der Waals surface area contributed by atoms with Gasteiger partial charge < -0.3 is 4.90 Å². The van der Waals surface area contributed by atoms with Gasteiger partial charge in [0.25, 0.3) is 11.1 Å². The van der Waals surface area contributed by atoms with Crippen LogP contribution in [0.1, 0.15) is 30.4 Å². The van der Waals surface area contributed by atoms with Gasteiger partial charge in [-0.25, -0.2) is 0 Å². The number of imide groups is 1. The zero-order valence-electron chi connectivity index (χ0n) is 14.6. The monoisotopic (exact) mass is 378 g/mol. The Labute approximate surface area is 161 Å². The first-order chi connectivity index (χ1) is 13.1. The highest BCUT2D eigenvalue weighted by atomic mass is 32.2. The van der Waals surface area contributed by atoms with Gasteiger partial charge in [-0.05, 0) is 59.0 Å². The fourth-order valence-electron chi connectivity index (χ4n) is 4.55. The zero-order valence-corrected chi connectivity index (χ0v) is 15.4. The van der Waals surface area contributed by atoms with Crippen molar-refractivity contribution in [1.29, 1.82) is 0 Å². The van der Waals surface area contributed by atoms with Crippen LogP contribution >= 0.6 is 11.8 Å². The normalized spacial score (nSPS) is 28.2. The summed E-state index contributed by atoms with van der Waals surface area (Å²) in [7, 11) is 0. The molecule has 1 aliphatic carbocycles. The molecule has 6 heteroatoms. The van der Waals surface area contributed by atoms with Crippen LogP contribution in [-0.2, 0) is 9.59 Å². The van der Waals surface area contributed by atoms with Gasteiger partial charge in [-0.1, -0.05) is 30.4 Å². The second kappa shape index (κ2) is 6.23. The Morgan fingerprint density at radius 2 is 2.07 bits per heavy atom. The van der Waals surface area contributed by atoms with Crippen molar-refractivity contribution in [3.05, 3.63) is 58.0 Å². The van der Waals surface area contributed by atoms with E-state index in [1.54, 1.807) is 6.08 Å². The number of rotatable bonds is 2. The molecule has 3 saturated heterocycles. The molecule has 3 amide bonds. The smallest absolute Gasteiger partial charge is 0.290 e. The highest BCUT2D eigenvalue weighted by Crippen LogP contribution is 2.43. The highest BCUT2D eigenvalue weighted by Gasteiger charge is 2.43. The van der Waals surface area contributed by atoms with Crippen molar-refractivity contribution < 1.29 is 14.4 Å². The molecule has 27 heavy (non-hydrogen) atoms. The van der Waals surface area contributed by atoms with Crippen LogP contribution in [0.4, 0.5) is 4.79 Å². The number of hydrogen-bond acceptors (Lipinski definition) is 4. The number of benzene rings is 1. The van der Waals surface area contributed by atoms with E-state index in [2.05, 4.69) is 23.5 Å². The molecule has 0 bridgehead atoms. The molecule has 2 atom stereocenters. The van der Waals surface area contributed by atoms with Crippen molar-refractivity contribution in [2.75, 3.05) is 6.54 Å².